The van der Waals surface area contributed by atoms with Crippen molar-refractivity contribution in [2.75, 3.05) is 0 Å². The van der Waals surface area contributed by atoms with Gasteiger partial charge in [-0.2, -0.15) is 0 Å². The first-order chi connectivity index (χ1) is 12.2. The van der Waals surface area contributed by atoms with Crippen LogP contribution < -0.4 is 0 Å². The molecular weight excluding hydrogens is 358 g/mol. The van der Waals surface area contributed by atoms with Crippen LogP contribution in [-0.2, 0) is 10.0 Å². The molecule has 2 N–H and O–H groups in total. The first-order valence-corrected chi connectivity index (χ1v) is 9.03. The standard InChI is InChI=1S/C18H15NO6S/c1-10-15(11(2)20)16-13(8-9-14(21)17(16)18(22)23)19(10)26(24,25)12-6-4-3-5-7-12/h3-9,21H,1-2H3,(H,22,23). The number of nitrogens with zero attached hydrogens (tertiary/aromatic N) is 1. The van der Waals surface area contributed by atoms with Crippen LogP contribution in [-0.4, -0.2) is 34.4 Å². The molecule has 0 amide bonds. The van der Waals surface area contributed by atoms with Crippen LogP contribution in [0.25, 0.3) is 10.9 Å². The van der Waals surface area contributed by atoms with Crippen molar-refractivity contribution < 1.29 is 28.2 Å². The fourth-order valence-electron chi connectivity index (χ4n) is 3.12. The minimum Gasteiger partial charge on any atom is -0.507 e. The number of carbonyl (C=O) groups is 2. The Labute approximate surface area is 149 Å². The maximum absolute atomic E-state index is 13.1. The summed E-state index contributed by atoms with van der Waals surface area (Å²) in [6.45, 7) is 2.65. The fraction of sp³-hybridized carbons (Fsp3) is 0.111. The monoisotopic (exact) mass is 373 g/mol. The number of aromatic carboxylic acids is 1. The maximum atomic E-state index is 13.1. The van der Waals surface area contributed by atoms with E-state index in [1.54, 1.807) is 18.2 Å². The first-order valence-electron chi connectivity index (χ1n) is 7.59. The lowest BCUT2D eigenvalue weighted by atomic mass is 10.0. The van der Waals surface area contributed by atoms with E-state index in [1.165, 1.54) is 32.0 Å². The Morgan fingerprint density at radius 2 is 1.62 bits per heavy atom. The van der Waals surface area contributed by atoms with E-state index in [1.807, 2.05) is 0 Å². The number of hydrogen-bond donors (Lipinski definition) is 2. The van der Waals surface area contributed by atoms with Gasteiger partial charge in [-0.3, -0.25) is 4.79 Å². The molecule has 0 aliphatic carbocycles. The molecule has 0 fully saturated rings. The number of phenols is 1. The van der Waals surface area contributed by atoms with E-state index < -0.39 is 33.1 Å². The van der Waals surface area contributed by atoms with Crippen molar-refractivity contribution in [2.24, 2.45) is 0 Å². The molecule has 0 aliphatic rings. The van der Waals surface area contributed by atoms with E-state index in [0.29, 0.717) is 0 Å². The van der Waals surface area contributed by atoms with Gasteiger partial charge in [0.15, 0.2) is 5.78 Å². The third-order valence-corrected chi connectivity index (χ3v) is 5.96. The minimum absolute atomic E-state index is 0.0000482. The third kappa shape index (κ3) is 2.46. The van der Waals surface area contributed by atoms with Crippen molar-refractivity contribution in [1.29, 1.82) is 0 Å². The van der Waals surface area contributed by atoms with Crippen LogP contribution in [0.1, 0.15) is 33.3 Å². The molecule has 0 spiro atoms. The number of carboxylic acids is 1. The molecule has 0 bridgehead atoms. The van der Waals surface area contributed by atoms with Crippen LogP contribution >= 0.6 is 0 Å². The highest BCUT2D eigenvalue weighted by Crippen LogP contribution is 2.36. The van der Waals surface area contributed by atoms with E-state index in [-0.39, 0.29) is 27.1 Å². The van der Waals surface area contributed by atoms with Gasteiger partial charge in [-0.05, 0) is 38.1 Å². The van der Waals surface area contributed by atoms with Crippen LogP contribution in [0.5, 0.6) is 5.75 Å². The fourth-order valence-corrected chi connectivity index (χ4v) is 4.70. The number of benzene rings is 2. The average molecular weight is 373 g/mol. The van der Waals surface area contributed by atoms with Crippen molar-refractivity contribution in [2.45, 2.75) is 18.7 Å². The maximum Gasteiger partial charge on any atom is 0.340 e. The summed E-state index contributed by atoms with van der Waals surface area (Å²) in [6.07, 6.45) is 0. The van der Waals surface area contributed by atoms with Crippen molar-refractivity contribution >= 4 is 32.7 Å². The topological polar surface area (TPSA) is 114 Å². The molecule has 7 nitrogen and oxygen atoms in total. The highest BCUT2D eigenvalue weighted by molar-refractivity contribution is 7.90. The highest BCUT2D eigenvalue weighted by atomic mass is 32.2. The SMILES string of the molecule is CC(=O)c1c(C)n(S(=O)(=O)c2ccccc2)c2ccc(O)c(C(=O)O)c12. The number of aromatic hydroxyl groups is 1. The lowest BCUT2D eigenvalue weighted by Crippen LogP contribution is -2.15. The quantitative estimate of drug-likeness (QED) is 0.680. The van der Waals surface area contributed by atoms with E-state index >= 15 is 0 Å². The normalized spacial score (nSPS) is 11.6. The number of hydrogen-bond acceptors (Lipinski definition) is 5. The molecule has 0 saturated carbocycles. The molecule has 8 heteroatoms. The minimum atomic E-state index is -4.07. The first kappa shape index (κ1) is 17.7. The molecule has 1 aromatic heterocycles. The summed E-state index contributed by atoms with van der Waals surface area (Å²) in [5.41, 5.74) is -0.443. The molecule has 0 unspecified atom stereocenters. The molecule has 1 heterocycles. The zero-order valence-corrected chi connectivity index (χ0v) is 14.7. The number of Topliss-reactive ketones (excluding diaryl/α,β-unsaturated/α-hetero) is 1. The number of carboxylic acid groups (broad SMARTS) is 1. The summed E-state index contributed by atoms with van der Waals surface area (Å²) in [5, 5.41) is 19.3. The second-order valence-corrected chi connectivity index (χ2v) is 7.54. The molecule has 26 heavy (non-hydrogen) atoms. The molecule has 134 valence electrons. The predicted octanol–water partition coefficient (Wildman–Crippen LogP) is 2.79. The van der Waals surface area contributed by atoms with E-state index in [9.17, 15) is 28.2 Å². The van der Waals surface area contributed by atoms with Gasteiger partial charge >= 0.3 is 5.97 Å². The number of carbonyl (C=O) groups excluding carboxylic acids is 1. The lowest BCUT2D eigenvalue weighted by molar-refractivity contribution is 0.0696. The van der Waals surface area contributed by atoms with Gasteiger partial charge in [0, 0.05) is 16.6 Å². The van der Waals surface area contributed by atoms with Crippen LogP contribution in [0.2, 0.25) is 0 Å². The van der Waals surface area contributed by atoms with E-state index in [4.69, 9.17) is 0 Å². The average Bonchev–Trinajstić information content (AvgIpc) is 2.87. The van der Waals surface area contributed by atoms with Gasteiger partial charge in [-0.15, -0.1) is 0 Å². The van der Waals surface area contributed by atoms with Gasteiger partial charge in [-0.1, -0.05) is 18.2 Å². The van der Waals surface area contributed by atoms with Gasteiger partial charge in [0.25, 0.3) is 10.0 Å². The van der Waals surface area contributed by atoms with Crippen LogP contribution in [0.4, 0.5) is 0 Å². The largest absolute Gasteiger partial charge is 0.507 e. The summed E-state index contributed by atoms with van der Waals surface area (Å²) in [4.78, 5) is 23.8. The number of rotatable bonds is 4. The van der Waals surface area contributed by atoms with Crippen LogP contribution in [0.3, 0.4) is 0 Å². The zero-order chi connectivity index (χ0) is 19.2. The van der Waals surface area contributed by atoms with Crippen molar-refractivity contribution in [3.05, 3.63) is 59.3 Å². The van der Waals surface area contributed by atoms with Gasteiger partial charge in [0.2, 0.25) is 0 Å². The summed E-state index contributed by atoms with van der Waals surface area (Å²) < 4.78 is 27.2. The Hall–Kier alpha value is -3.13. The van der Waals surface area contributed by atoms with Crippen molar-refractivity contribution in [1.82, 2.24) is 3.97 Å². The second-order valence-electron chi connectivity index (χ2n) is 5.76. The summed E-state index contributed by atoms with van der Waals surface area (Å²) in [7, 11) is -4.07. The third-order valence-electron chi connectivity index (χ3n) is 4.14. The molecule has 0 radical (unpaired) electrons. The van der Waals surface area contributed by atoms with E-state index in [2.05, 4.69) is 0 Å². The Morgan fingerprint density at radius 1 is 1.00 bits per heavy atom. The molecular formula is C18H15NO6S. The molecule has 3 aromatic rings. The predicted molar refractivity (Wildman–Crippen MR) is 94.3 cm³/mol. The van der Waals surface area contributed by atoms with Gasteiger partial charge in [0.05, 0.1) is 10.4 Å². The Balaban J connectivity index is 2.54. The van der Waals surface area contributed by atoms with Crippen molar-refractivity contribution in [3.63, 3.8) is 0 Å². The Bertz CT molecular complexity index is 1160. The summed E-state index contributed by atoms with van der Waals surface area (Å²) in [5.74, 6) is -2.49. The van der Waals surface area contributed by atoms with Crippen molar-refractivity contribution in [3.8, 4) is 5.75 Å². The molecule has 0 atom stereocenters. The zero-order valence-electron chi connectivity index (χ0n) is 13.9. The second kappa shape index (κ2) is 5.99. The molecule has 0 aliphatic heterocycles. The van der Waals surface area contributed by atoms with E-state index in [0.717, 1.165) is 10.0 Å². The smallest absolute Gasteiger partial charge is 0.340 e. The molecule has 3 rings (SSSR count). The highest BCUT2D eigenvalue weighted by Gasteiger charge is 2.30. The molecule has 0 saturated heterocycles. The number of fused-ring (bicyclic) bond motifs is 1. The van der Waals surface area contributed by atoms with Crippen LogP contribution in [0, 0.1) is 6.92 Å². The van der Waals surface area contributed by atoms with Crippen LogP contribution in [0.15, 0.2) is 47.4 Å². The Morgan fingerprint density at radius 3 is 2.15 bits per heavy atom. The Kier molecular flexibility index (Phi) is 4.08. The number of ketones is 1. The van der Waals surface area contributed by atoms with Gasteiger partial charge in [0.1, 0.15) is 11.3 Å². The summed E-state index contributed by atoms with van der Waals surface area (Å²) in [6, 6.07) is 10.0. The molecule has 2 aromatic carbocycles. The van der Waals surface area contributed by atoms with Gasteiger partial charge in [-0.25, -0.2) is 17.2 Å². The summed E-state index contributed by atoms with van der Waals surface area (Å²) >= 11 is 0. The lowest BCUT2D eigenvalue weighted by Gasteiger charge is -2.10. The van der Waals surface area contributed by atoms with Gasteiger partial charge < -0.3 is 10.2 Å². The number of aromatic nitrogens is 1.